The van der Waals surface area contributed by atoms with Crippen LogP contribution in [0.25, 0.3) is 11.0 Å². The molecule has 0 aliphatic carbocycles. The number of rotatable bonds is 11. The number of benzene rings is 1. The first-order valence-electron chi connectivity index (χ1n) is 11.3. The molecule has 0 aliphatic rings. The van der Waals surface area contributed by atoms with Crippen molar-refractivity contribution in [3.8, 4) is 0 Å². The standard InChI is InChI=1S/C25H28N4O4S2/c1-16(2)9-29(10-20-13-35-17(3)27-20)24(22-14-34-15-26-22)21(11-30)28-25(31)33-12-18-4-5-23-19(8-18)6-7-32-23/h4-8,11,13-16,21,24H,9-10,12H2,1-3H3,(H,28,31). The number of thiazole rings is 2. The molecular weight excluding hydrogens is 484 g/mol. The number of amides is 1. The van der Waals surface area contributed by atoms with Crippen molar-refractivity contribution < 1.29 is 18.7 Å². The van der Waals surface area contributed by atoms with Crippen LogP contribution in [0.4, 0.5) is 4.79 Å². The largest absolute Gasteiger partial charge is 0.464 e. The Morgan fingerprint density at radius 3 is 2.83 bits per heavy atom. The zero-order valence-corrected chi connectivity index (χ0v) is 21.5. The van der Waals surface area contributed by atoms with Crippen molar-refractivity contribution >= 4 is 46.0 Å². The van der Waals surface area contributed by atoms with Crippen LogP contribution in [0.2, 0.25) is 0 Å². The van der Waals surface area contributed by atoms with Crippen LogP contribution < -0.4 is 5.32 Å². The van der Waals surface area contributed by atoms with E-state index < -0.39 is 18.2 Å². The van der Waals surface area contributed by atoms with Gasteiger partial charge >= 0.3 is 6.09 Å². The van der Waals surface area contributed by atoms with Crippen molar-refractivity contribution in [2.75, 3.05) is 6.54 Å². The van der Waals surface area contributed by atoms with Gasteiger partial charge in [-0.25, -0.2) is 14.8 Å². The van der Waals surface area contributed by atoms with Gasteiger partial charge in [-0.2, -0.15) is 0 Å². The first-order valence-corrected chi connectivity index (χ1v) is 13.1. The molecule has 8 nitrogen and oxygen atoms in total. The summed E-state index contributed by atoms with van der Waals surface area (Å²) in [4.78, 5) is 36.2. The lowest BCUT2D eigenvalue weighted by Crippen LogP contribution is -2.48. The third-order valence-corrected chi connectivity index (χ3v) is 6.86. The Balaban J connectivity index is 1.50. The van der Waals surface area contributed by atoms with E-state index in [0.29, 0.717) is 19.0 Å². The van der Waals surface area contributed by atoms with Crippen LogP contribution in [-0.2, 0) is 22.7 Å². The van der Waals surface area contributed by atoms with Gasteiger partial charge in [0.1, 0.15) is 24.5 Å². The summed E-state index contributed by atoms with van der Waals surface area (Å²) in [6.45, 7) is 7.52. The summed E-state index contributed by atoms with van der Waals surface area (Å²) in [5, 5.41) is 8.61. The maximum Gasteiger partial charge on any atom is 0.408 e. The van der Waals surface area contributed by atoms with Crippen LogP contribution in [0.5, 0.6) is 0 Å². The number of alkyl carbamates (subject to hydrolysis) is 1. The molecular formula is C25H28N4O4S2. The Morgan fingerprint density at radius 2 is 2.14 bits per heavy atom. The highest BCUT2D eigenvalue weighted by molar-refractivity contribution is 7.09. The van der Waals surface area contributed by atoms with E-state index in [0.717, 1.165) is 39.2 Å². The molecule has 0 saturated carbocycles. The van der Waals surface area contributed by atoms with Gasteiger partial charge in [-0.1, -0.05) is 19.9 Å². The van der Waals surface area contributed by atoms with Crippen molar-refractivity contribution in [3.63, 3.8) is 0 Å². The van der Waals surface area contributed by atoms with E-state index in [2.05, 4.69) is 34.0 Å². The van der Waals surface area contributed by atoms with Gasteiger partial charge in [0.05, 0.1) is 34.2 Å². The Morgan fingerprint density at radius 1 is 1.29 bits per heavy atom. The van der Waals surface area contributed by atoms with E-state index in [1.165, 1.54) is 11.3 Å². The number of hydrogen-bond donors (Lipinski definition) is 1. The van der Waals surface area contributed by atoms with Gasteiger partial charge in [-0.05, 0) is 36.6 Å². The highest BCUT2D eigenvalue weighted by Crippen LogP contribution is 2.27. The van der Waals surface area contributed by atoms with Gasteiger partial charge < -0.3 is 19.3 Å². The molecule has 0 spiro atoms. The summed E-state index contributed by atoms with van der Waals surface area (Å²) >= 11 is 3.04. The molecule has 4 rings (SSSR count). The normalized spacial score (nSPS) is 13.3. The third-order valence-electron chi connectivity index (χ3n) is 5.44. The minimum absolute atomic E-state index is 0.0771. The van der Waals surface area contributed by atoms with E-state index in [1.54, 1.807) is 23.1 Å². The molecule has 2 unspecified atom stereocenters. The molecule has 0 aliphatic heterocycles. The second-order valence-corrected chi connectivity index (χ2v) is 10.5. The number of nitrogens with zero attached hydrogens (tertiary/aromatic N) is 3. The Bertz CT molecular complexity index is 1250. The van der Waals surface area contributed by atoms with Crippen molar-refractivity contribution in [2.24, 2.45) is 5.92 Å². The van der Waals surface area contributed by atoms with Crippen LogP contribution >= 0.6 is 22.7 Å². The third kappa shape index (κ3) is 6.53. The smallest absolute Gasteiger partial charge is 0.408 e. The van der Waals surface area contributed by atoms with Crippen LogP contribution in [0.15, 0.2) is 51.2 Å². The summed E-state index contributed by atoms with van der Waals surface area (Å²) < 4.78 is 10.8. The molecule has 3 heterocycles. The van der Waals surface area contributed by atoms with E-state index in [1.807, 2.05) is 41.9 Å². The number of fused-ring (bicyclic) bond motifs is 1. The average Bonchev–Trinajstić information content (AvgIpc) is 3.59. The lowest BCUT2D eigenvalue weighted by Gasteiger charge is -2.35. The number of carbonyl (C=O) groups is 2. The average molecular weight is 513 g/mol. The molecule has 0 saturated heterocycles. The number of hydrogen-bond acceptors (Lipinski definition) is 9. The highest BCUT2D eigenvalue weighted by Gasteiger charge is 2.33. The van der Waals surface area contributed by atoms with Crippen molar-refractivity contribution in [1.29, 1.82) is 0 Å². The van der Waals surface area contributed by atoms with E-state index in [9.17, 15) is 9.59 Å². The number of nitrogens with one attached hydrogen (secondary N) is 1. The molecule has 2 atom stereocenters. The molecule has 1 aromatic carbocycles. The molecule has 1 amide bonds. The molecule has 3 aromatic heterocycles. The minimum Gasteiger partial charge on any atom is -0.464 e. The number of furan rings is 1. The topological polar surface area (TPSA) is 97.6 Å². The number of aryl methyl sites for hydroxylation is 1. The zero-order valence-electron chi connectivity index (χ0n) is 19.8. The number of carbonyl (C=O) groups excluding carboxylic acids is 2. The van der Waals surface area contributed by atoms with Gasteiger partial charge in [0.2, 0.25) is 0 Å². The van der Waals surface area contributed by atoms with Crippen molar-refractivity contribution in [2.45, 2.75) is 46.0 Å². The second kappa shape index (κ2) is 11.6. The fourth-order valence-corrected chi connectivity index (χ4v) is 5.21. The van der Waals surface area contributed by atoms with Gasteiger partial charge in [-0.15, -0.1) is 22.7 Å². The Labute approximate surface area is 212 Å². The molecule has 184 valence electrons. The Kier molecular flexibility index (Phi) is 8.27. The highest BCUT2D eigenvalue weighted by atomic mass is 32.1. The van der Waals surface area contributed by atoms with Gasteiger partial charge in [-0.3, -0.25) is 4.90 Å². The lowest BCUT2D eigenvalue weighted by atomic mass is 10.0. The summed E-state index contributed by atoms with van der Waals surface area (Å²) in [5.74, 6) is 0.327. The number of aromatic nitrogens is 2. The second-order valence-electron chi connectivity index (χ2n) is 8.71. The predicted molar refractivity (Wildman–Crippen MR) is 136 cm³/mol. The summed E-state index contributed by atoms with van der Waals surface area (Å²) in [7, 11) is 0. The van der Waals surface area contributed by atoms with E-state index >= 15 is 0 Å². The zero-order chi connectivity index (χ0) is 24.8. The van der Waals surface area contributed by atoms with Crippen LogP contribution in [0, 0.1) is 12.8 Å². The molecule has 0 fully saturated rings. The molecule has 0 bridgehead atoms. The SMILES string of the molecule is Cc1nc(CN(CC(C)C)C(c2cscn2)C(C=O)NC(=O)OCc2ccc3occc3c2)cs1. The van der Waals surface area contributed by atoms with Crippen molar-refractivity contribution in [1.82, 2.24) is 20.2 Å². The number of ether oxygens (including phenoxy) is 1. The molecule has 4 aromatic rings. The quantitative estimate of drug-likeness (QED) is 0.271. The van der Waals surface area contributed by atoms with Crippen LogP contribution in [-0.4, -0.2) is 39.8 Å². The van der Waals surface area contributed by atoms with Crippen molar-refractivity contribution in [3.05, 3.63) is 68.8 Å². The van der Waals surface area contributed by atoms with E-state index in [-0.39, 0.29) is 6.61 Å². The van der Waals surface area contributed by atoms with Gasteiger partial charge in [0, 0.05) is 29.2 Å². The predicted octanol–water partition coefficient (Wildman–Crippen LogP) is 5.35. The monoisotopic (exact) mass is 512 g/mol. The van der Waals surface area contributed by atoms with Gasteiger partial charge in [0.25, 0.3) is 0 Å². The van der Waals surface area contributed by atoms with Crippen LogP contribution in [0.1, 0.15) is 41.8 Å². The summed E-state index contributed by atoms with van der Waals surface area (Å²) in [6, 6.07) is 6.13. The minimum atomic E-state index is -0.848. The molecule has 35 heavy (non-hydrogen) atoms. The summed E-state index contributed by atoms with van der Waals surface area (Å²) in [5.41, 5.74) is 4.98. The summed E-state index contributed by atoms with van der Waals surface area (Å²) in [6.07, 6.45) is 1.71. The van der Waals surface area contributed by atoms with E-state index in [4.69, 9.17) is 9.15 Å². The molecule has 1 N–H and O–H groups in total. The first kappa shape index (κ1) is 25.0. The maximum atomic E-state index is 12.7. The molecule has 0 radical (unpaired) electrons. The fraction of sp³-hybridized carbons (Fsp3) is 0.360. The van der Waals surface area contributed by atoms with Crippen LogP contribution in [0.3, 0.4) is 0 Å². The maximum absolute atomic E-state index is 12.7. The van der Waals surface area contributed by atoms with Gasteiger partial charge in [0.15, 0.2) is 0 Å². The fourth-order valence-electron chi connectivity index (χ4n) is 4.02. The number of aldehydes is 1. The first-order chi connectivity index (χ1) is 16.9. The Hall–Kier alpha value is -3.08. The lowest BCUT2D eigenvalue weighted by molar-refractivity contribution is -0.111. The molecule has 10 heteroatoms.